The van der Waals surface area contributed by atoms with Crippen molar-refractivity contribution in [3.63, 3.8) is 0 Å². The van der Waals surface area contributed by atoms with Crippen LogP contribution in [-0.2, 0) is 4.74 Å². The third-order valence-corrected chi connectivity index (χ3v) is 3.27. The van der Waals surface area contributed by atoms with Crippen molar-refractivity contribution in [1.29, 1.82) is 0 Å². The van der Waals surface area contributed by atoms with Gasteiger partial charge in [0.15, 0.2) is 5.76 Å². The minimum Gasteiger partial charge on any atom is -0.459 e. The van der Waals surface area contributed by atoms with Gasteiger partial charge < -0.3 is 19.0 Å². The number of piperazine rings is 1. The van der Waals surface area contributed by atoms with Crippen LogP contribution in [0.4, 0.5) is 4.79 Å². The molecule has 0 saturated carbocycles. The Balaban J connectivity index is 1.96. The third-order valence-electron chi connectivity index (χ3n) is 3.27. The van der Waals surface area contributed by atoms with E-state index in [1.165, 1.54) is 6.26 Å². The van der Waals surface area contributed by atoms with Crippen molar-refractivity contribution in [3.05, 3.63) is 24.2 Å². The van der Waals surface area contributed by atoms with E-state index >= 15 is 0 Å². The first-order chi connectivity index (χ1) is 9.78. The Hall–Kier alpha value is -1.98. The lowest BCUT2D eigenvalue weighted by atomic mass is 10.2. The summed E-state index contributed by atoms with van der Waals surface area (Å²) >= 11 is 0. The molecule has 1 aliphatic heterocycles. The number of carbonyl (C=O) groups is 2. The highest BCUT2D eigenvalue weighted by atomic mass is 16.6. The summed E-state index contributed by atoms with van der Waals surface area (Å²) in [5, 5.41) is 0. The van der Waals surface area contributed by atoms with Crippen LogP contribution in [0.3, 0.4) is 0 Å². The molecule has 1 fully saturated rings. The molecule has 6 nitrogen and oxygen atoms in total. The fourth-order valence-electron chi connectivity index (χ4n) is 2.29. The average Bonchev–Trinajstić information content (AvgIpc) is 2.89. The fraction of sp³-hybridized carbons (Fsp3) is 0.600. The first-order valence-electron chi connectivity index (χ1n) is 7.10. The normalized spacial score (nSPS) is 19.5. The molecule has 2 rings (SSSR count). The van der Waals surface area contributed by atoms with Crippen LogP contribution in [0.25, 0.3) is 0 Å². The number of carbonyl (C=O) groups excluding carboxylic acids is 2. The molecule has 1 aromatic rings. The standard InChI is InChI=1S/C15H22N2O4/c1-11-10-16(13(18)12-6-5-9-20-12)7-8-17(11)14(19)21-15(2,3)4/h5-6,9,11H,7-8,10H2,1-4H3/t11-/m1/s1. The molecular formula is C15H22N2O4. The molecule has 2 heterocycles. The van der Waals surface area contributed by atoms with Gasteiger partial charge in [-0.2, -0.15) is 0 Å². The van der Waals surface area contributed by atoms with Crippen LogP contribution < -0.4 is 0 Å². The van der Waals surface area contributed by atoms with Gasteiger partial charge in [0.25, 0.3) is 5.91 Å². The summed E-state index contributed by atoms with van der Waals surface area (Å²) in [6, 6.07) is 3.24. The number of ether oxygens (including phenoxy) is 1. The van der Waals surface area contributed by atoms with Crippen molar-refractivity contribution >= 4 is 12.0 Å². The quantitative estimate of drug-likeness (QED) is 0.797. The van der Waals surface area contributed by atoms with Crippen LogP contribution in [0.1, 0.15) is 38.2 Å². The molecule has 1 aromatic heterocycles. The molecule has 6 heteroatoms. The van der Waals surface area contributed by atoms with Crippen LogP contribution in [0.15, 0.2) is 22.8 Å². The van der Waals surface area contributed by atoms with Crippen molar-refractivity contribution in [2.75, 3.05) is 19.6 Å². The molecule has 2 amide bonds. The average molecular weight is 294 g/mol. The summed E-state index contributed by atoms with van der Waals surface area (Å²) < 4.78 is 10.5. The van der Waals surface area contributed by atoms with E-state index in [9.17, 15) is 9.59 Å². The van der Waals surface area contributed by atoms with Crippen LogP contribution in [0.5, 0.6) is 0 Å². The second-order valence-electron chi connectivity index (χ2n) is 6.25. The minimum atomic E-state index is -0.516. The number of hydrogen-bond donors (Lipinski definition) is 0. The monoisotopic (exact) mass is 294 g/mol. The lowest BCUT2D eigenvalue weighted by Crippen LogP contribution is -2.56. The van der Waals surface area contributed by atoms with E-state index in [-0.39, 0.29) is 18.0 Å². The van der Waals surface area contributed by atoms with E-state index in [1.807, 2.05) is 27.7 Å². The Morgan fingerprint density at radius 1 is 1.33 bits per heavy atom. The molecule has 0 bridgehead atoms. The summed E-state index contributed by atoms with van der Waals surface area (Å²) in [5.74, 6) is 0.184. The Morgan fingerprint density at radius 2 is 2.05 bits per heavy atom. The molecule has 0 aromatic carbocycles. The lowest BCUT2D eigenvalue weighted by molar-refractivity contribution is 0.00156. The van der Waals surface area contributed by atoms with Gasteiger partial charge in [0.05, 0.1) is 6.26 Å². The molecule has 1 aliphatic rings. The molecule has 116 valence electrons. The zero-order valence-corrected chi connectivity index (χ0v) is 13.0. The van der Waals surface area contributed by atoms with Gasteiger partial charge in [0, 0.05) is 25.7 Å². The van der Waals surface area contributed by atoms with Gasteiger partial charge in [0.1, 0.15) is 5.60 Å². The second kappa shape index (κ2) is 5.79. The van der Waals surface area contributed by atoms with Crippen molar-refractivity contribution in [1.82, 2.24) is 9.80 Å². The predicted molar refractivity (Wildman–Crippen MR) is 77.0 cm³/mol. The molecule has 0 unspecified atom stereocenters. The maximum absolute atomic E-state index is 12.2. The van der Waals surface area contributed by atoms with E-state index in [0.717, 1.165) is 0 Å². The lowest BCUT2D eigenvalue weighted by Gasteiger charge is -2.39. The van der Waals surface area contributed by atoms with Crippen molar-refractivity contribution in [3.8, 4) is 0 Å². The Labute approximate surface area is 124 Å². The maximum Gasteiger partial charge on any atom is 0.410 e. The summed E-state index contributed by atoms with van der Waals surface area (Å²) in [5.41, 5.74) is -0.516. The van der Waals surface area contributed by atoms with Gasteiger partial charge in [-0.3, -0.25) is 4.79 Å². The third kappa shape index (κ3) is 3.77. The number of furan rings is 1. The zero-order valence-electron chi connectivity index (χ0n) is 13.0. The second-order valence-corrected chi connectivity index (χ2v) is 6.25. The van der Waals surface area contributed by atoms with Crippen molar-refractivity contribution in [2.24, 2.45) is 0 Å². The number of rotatable bonds is 1. The Morgan fingerprint density at radius 3 is 2.57 bits per heavy atom. The van der Waals surface area contributed by atoms with Gasteiger partial charge >= 0.3 is 6.09 Å². The Bertz CT molecular complexity index is 504. The number of nitrogens with zero attached hydrogens (tertiary/aromatic N) is 2. The van der Waals surface area contributed by atoms with Crippen molar-refractivity contribution in [2.45, 2.75) is 39.3 Å². The largest absolute Gasteiger partial charge is 0.459 e. The first kappa shape index (κ1) is 15.4. The fourth-order valence-corrected chi connectivity index (χ4v) is 2.29. The van der Waals surface area contributed by atoms with Crippen LogP contribution in [0, 0.1) is 0 Å². The van der Waals surface area contributed by atoms with E-state index < -0.39 is 5.60 Å². The van der Waals surface area contributed by atoms with E-state index in [4.69, 9.17) is 9.15 Å². The Kier molecular flexibility index (Phi) is 4.25. The van der Waals surface area contributed by atoms with Gasteiger partial charge in [-0.1, -0.05) is 0 Å². The van der Waals surface area contributed by atoms with Crippen LogP contribution in [-0.4, -0.2) is 53.1 Å². The van der Waals surface area contributed by atoms with Crippen molar-refractivity contribution < 1.29 is 18.7 Å². The highest BCUT2D eigenvalue weighted by molar-refractivity contribution is 5.91. The summed E-state index contributed by atoms with van der Waals surface area (Å²) in [6.07, 6.45) is 1.15. The highest BCUT2D eigenvalue weighted by Crippen LogP contribution is 2.17. The van der Waals surface area contributed by atoms with Gasteiger partial charge in [0.2, 0.25) is 0 Å². The maximum atomic E-state index is 12.2. The number of hydrogen-bond acceptors (Lipinski definition) is 4. The zero-order chi connectivity index (χ0) is 15.6. The molecular weight excluding hydrogens is 272 g/mol. The highest BCUT2D eigenvalue weighted by Gasteiger charge is 2.33. The SMILES string of the molecule is C[C@@H]1CN(C(=O)c2ccco2)CCN1C(=O)OC(C)(C)C. The molecule has 0 radical (unpaired) electrons. The molecule has 0 aliphatic carbocycles. The van der Waals surface area contributed by atoms with Gasteiger partial charge in [-0.15, -0.1) is 0 Å². The van der Waals surface area contributed by atoms with E-state index in [1.54, 1.807) is 21.9 Å². The van der Waals surface area contributed by atoms with E-state index in [2.05, 4.69) is 0 Å². The first-order valence-corrected chi connectivity index (χ1v) is 7.10. The summed E-state index contributed by atoms with van der Waals surface area (Å²) in [6.45, 7) is 8.83. The smallest absolute Gasteiger partial charge is 0.410 e. The van der Waals surface area contributed by atoms with Crippen LogP contribution >= 0.6 is 0 Å². The summed E-state index contributed by atoms with van der Waals surface area (Å²) in [7, 11) is 0. The van der Waals surface area contributed by atoms with Gasteiger partial charge in [-0.05, 0) is 39.8 Å². The molecule has 0 N–H and O–H groups in total. The van der Waals surface area contributed by atoms with Crippen LogP contribution in [0.2, 0.25) is 0 Å². The van der Waals surface area contributed by atoms with Gasteiger partial charge in [-0.25, -0.2) is 4.79 Å². The summed E-state index contributed by atoms with van der Waals surface area (Å²) in [4.78, 5) is 27.7. The predicted octanol–water partition coefficient (Wildman–Crippen LogP) is 2.36. The molecule has 0 spiro atoms. The number of amides is 2. The van der Waals surface area contributed by atoms with E-state index in [0.29, 0.717) is 25.4 Å². The molecule has 1 saturated heterocycles. The molecule has 21 heavy (non-hydrogen) atoms. The topological polar surface area (TPSA) is 63.0 Å². The minimum absolute atomic E-state index is 0.0903. The molecule has 1 atom stereocenters.